The summed E-state index contributed by atoms with van der Waals surface area (Å²) in [5.74, 6) is -3.15. The van der Waals surface area contributed by atoms with Crippen LogP contribution in [0.2, 0.25) is 0 Å². The molecule has 120 valence electrons. The van der Waals surface area contributed by atoms with Gasteiger partial charge in [0.1, 0.15) is 0 Å². The third-order valence-corrected chi connectivity index (χ3v) is 1.62. The number of rotatable bonds is 8. The molecule has 9 heteroatoms. The van der Waals surface area contributed by atoms with Crippen molar-refractivity contribution in [2.45, 2.75) is 39.5 Å². The van der Waals surface area contributed by atoms with Gasteiger partial charge in [-0.1, -0.05) is 13.8 Å². The van der Waals surface area contributed by atoms with Gasteiger partial charge in [-0.2, -0.15) is 0 Å². The average Bonchev–Trinajstić information content (AvgIpc) is 2.35. The summed E-state index contributed by atoms with van der Waals surface area (Å²) < 4.78 is 8.61. The fraction of sp³-hybridized carbons (Fsp3) is 0.667. The van der Waals surface area contributed by atoms with Crippen molar-refractivity contribution in [3.63, 3.8) is 0 Å². The summed E-state index contributed by atoms with van der Waals surface area (Å²) in [5, 5.41) is 16.1. The molecule has 2 N–H and O–H groups in total. The van der Waals surface area contributed by atoms with Crippen LogP contribution in [0.4, 0.5) is 0 Å². The van der Waals surface area contributed by atoms with Crippen LogP contribution in [0.15, 0.2) is 0 Å². The molecule has 0 heterocycles. The third kappa shape index (κ3) is 24.0. The van der Waals surface area contributed by atoms with E-state index in [0.29, 0.717) is 12.8 Å². The van der Waals surface area contributed by atoms with E-state index in [-0.39, 0.29) is 34.6 Å². The van der Waals surface area contributed by atoms with Crippen LogP contribution in [0.25, 0.3) is 0 Å². The molecule has 0 fully saturated rings. The number of carbonyl (C=O) groups excluding carboxylic acids is 2. The van der Waals surface area contributed by atoms with E-state index in [4.69, 9.17) is 10.2 Å². The standard InChI is InChI=1S/2C6H10O4.Ti/c2*1-2-3-6(9)10-4-5(7)8;/h2*2-4H2,1H3,(H,7,8);. The van der Waals surface area contributed by atoms with Crippen molar-refractivity contribution in [3.05, 3.63) is 0 Å². The minimum Gasteiger partial charge on any atom is -0.479 e. The first kappa shape index (κ1) is 24.6. The van der Waals surface area contributed by atoms with E-state index in [1.807, 2.05) is 13.8 Å². The molecule has 0 aromatic heterocycles. The number of hydrogen-bond donors (Lipinski definition) is 2. The maximum Gasteiger partial charge on any atom is 0.341 e. The molecule has 0 radical (unpaired) electrons. The summed E-state index contributed by atoms with van der Waals surface area (Å²) in [6.07, 6.45) is 1.93. The molecule has 0 bridgehead atoms. The van der Waals surface area contributed by atoms with E-state index in [9.17, 15) is 19.2 Å². The van der Waals surface area contributed by atoms with Gasteiger partial charge in [0, 0.05) is 34.6 Å². The second-order valence-corrected chi connectivity index (χ2v) is 3.61. The molecule has 0 saturated carbocycles. The predicted octanol–water partition coefficient (Wildman–Crippen LogP) is 0.826. The van der Waals surface area contributed by atoms with Crippen LogP contribution >= 0.6 is 0 Å². The summed E-state index contributed by atoms with van der Waals surface area (Å²) in [6.45, 7) is 2.59. The molecule has 0 aromatic carbocycles. The summed E-state index contributed by atoms with van der Waals surface area (Å²) >= 11 is 0. The van der Waals surface area contributed by atoms with E-state index < -0.39 is 37.1 Å². The molecule has 0 unspecified atom stereocenters. The summed E-state index contributed by atoms with van der Waals surface area (Å²) in [5.41, 5.74) is 0. The number of hydrogen-bond acceptors (Lipinski definition) is 6. The maximum atomic E-state index is 10.5. The number of aliphatic carboxylic acids is 2. The summed E-state index contributed by atoms with van der Waals surface area (Å²) in [6, 6.07) is 0. The van der Waals surface area contributed by atoms with Crippen molar-refractivity contribution in [2.24, 2.45) is 0 Å². The SMILES string of the molecule is CCCC(=O)OCC(=O)O.CCCC(=O)OCC(=O)O.[Ti]. The smallest absolute Gasteiger partial charge is 0.341 e. The Balaban J connectivity index is -0.000000295. The van der Waals surface area contributed by atoms with Gasteiger partial charge in [0.05, 0.1) is 0 Å². The maximum absolute atomic E-state index is 10.5. The topological polar surface area (TPSA) is 127 Å². The Morgan fingerprint density at radius 3 is 1.24 bits per heavy atom. The molecule has 0 spiro atoms. The molecule has 21 heavy (non-hydrogen) atoms. The van der Waals surface area contributed by atoms with Gasteiger partial charge in [-0.05, 0) is 12.8 Å². The number of carboxylic acid groups (broad SMARTS) is 2. The van der Waals surface area contributed by atoms with Gasteiger partial charge in [0.25, 0.3) is 0 Å². The van der Waals surface area contributed by atoms with Gasteiger partial charge in [-0.3, -0.25) is 9.59 Å². The summed E-state index contributed by atoms with van der Waals surface area (Å²) in [7, 11) is 0. The van der Waals surface area contributed by atoms with Gasteiger partial charge in [0.15, 0.2) is 13.2 Å². The minimum atomic E-state index is -1.12. The summed E-state index contributed by atoms with van der Waals surface area (Å²) in [4.78, 5) is 40.6. The monoisotopic (exact) mass is 340 g/mol. The minimum absolute atomic E-state index is 0. The zero-order valence-electron chi connectivity index (χ0n) is 12.1. The molecule has 0 atom stereocenters. The molecule has 0 aliphatic rings. The first-order chi connectivity index (χ1) is 9.33. The quantitative estimate of drug-likeness (QED) is 0.491. The molecule has 0 aliphatic heterocycles. The van der Waals surface area contributed by atoms with Crippen LogP contribution in [0, 0.1) is 0 Å². The normalized spacial score (nSPS) is 8.48. The first-order valence-electron chi connectivity index (χ1n) is 6.08. The average molecular weight is 340 g/mol. The van der Waals surface area contributed by atoms with E-state index in [2.05, 4.69) is 9.47 Å². The third-order valence-electron chi connectivity index (χ3n) is 1.62. The van der Waals surface area contributed by atoms with Crippen LogP contribution in [-0.2, 0) is 50.4 Å². The van der Waals surface area contributed by atoms with E-state index >= 15 is 0 Å². The second-order valence-electron chi connectivity index (χ2n) is 3.61. The molecule has 0 saturated heterocycles. The fourth-order valence-corrected chi connectivity index (χ4v) is 0.837. The van der Waals surface area contributed by atoms with Crippen molar-refractivity contribution < 1.29 is 60.6 Å². The van der Waals surface area contributed by atoms with Crippen LogP contribution in [0.1, 0.15) is 39.5 Å². The Hall–Kier alpha value is -1.41. The molecular formula is C12H20O8Ti. The van der Waals surface area contributed by atoms with Crippen LogP contribution in [0.3, 0.4) is 0 Å². The van der Waals surface area contributed by atoms with Gasteiger partial charge in [-0.25, -0.2) is 9.59 Å². The first-order valence-corrected chi connectivity index (χ1v) is 6.08. The Labute approximate surface area is 137 Å². The van der Waals surface area contributed by atoms with Crippen molar-refractivity contribution >= 4 is 23.9 Å². The second kappa shape index (κ2) is 16.6. The van der Waals surface area contributed by atoms with Crippen molar-refractivity contribution in [3.8, 4) is 0 Å². The van der Waals surface area contributed by atoms with Gasteiger partial charge in [-0.15, -0.1) is 0 Å². The number of carbonyl (C=O) groups is 4. The van der Waals surface area contributed by atoms with E-state index in [1.54, 1.807) is 0 Å². The zero-order valence-corrected chi connectivity index (χ0v) is 13.6. The van der Waals surface area contributed by atoms with E-state index in [0.717, 1.165) is 0 Å². The molecule has 0 rings (SSSR count). The molecule has 0 aliphatic carbocycles. The Morgan fingerprint density at radius 2 is 1.05 bits per heavy atom. The van der Waals surface area contributed by atoms with Gasteiger partial charge >= 0.3 is 23.9 Å². The Kier molecular flexibility index (Phi) is 19.5. The number of ether oxygens (including phenoxy) is 2. The predicted molar refractivity (Wildman–Crippen MR) is 67.0 cm³/mol. The van der Waals surface area contributed by atoms with Crippen molar-refractivity contribution in [1.29, 1.82) is 0 Å². The Bertz CT molecular complexity index is 297. The Morgan fingerprint density at radius 1 is 0.762 bits per heavy atom. The van der Waals surface area contributed by atoms with Crippen molar-refractivity contribution in [1.82, 2.24) is 0 Å². The zero-order chi connectivity index (χ0) is 16.0. The number of esters is 2. The van der Waals surface area contributed by atoms with Gasteiger partial charge in [0.2, 0.25) is 0 Å². The van der Waals surface area contributed by atoms with E-state index in [1.165, 1.54) is 0 Å². The molecule has 8 nitrogen and oxygen atoms in total. The molecule has 0 aromatic rings. The van der Waals surface area contributed by atoms with Crippen LogP contribution in [0.5, 0.6) is 0 Å². The fourth-order valence-electron chi connectivity index (χ4n) is 0.837. The van der Waals surface area contributed by atoms with Crippen molar-refractivity contribution in [2.75, 3.05) is 13.2 Å². The largest absolute Gasteiger partial charge is 0.479 e. The molecular weight excluding hydrogens is 320 g/mol. The van der Waals surface area contributed by atoms with Crippen LogP contribution in [-0.4, -0.2) is 47.3 Å². The van der Waals surface area contributed by atoms with Gasteiger partial charge < -0.3 is 19.7 Å². The number of carboxylic acids is 2. The molecule has 0 amide bonds. The van der Waals surface area contributed by atoms with Crippen LogP contribution < -0.4 is 0 Å².